The van der Waals surface area contributed by atoms with Gasteiger partial charge in [0.2, 0.25) is 5.91 Å². The topological polar surface area (TPSA) is 61.8 Å². The van der Waals surface area contributed by atoms with Crippen LogP contribution in [0.4, 0.5) is 0 Å². The lowest BCUT2D eigenvalue weighted by molar-refractivity contribution is -0.126. The van der Waals surface area contributed by atoms with Gasteiger partial charge < -0.3 is 20.1 Å². The molecule has 1 aromatic rings. The van der Waals surface area contributed by atoms with Crippen LogP contribution >= 0.6 is 11.6 Å². The molecule has 2 N–H and O–H groups in total. The smallest absolute Gasteiger partial charge is 0.246 e. The Labute approximate surface area is 142 Å². The number of hydrogen-bond donors (Lipinski definition) is 2. The average Bonchev–Trinajstić information content (AvgIpc) is 2.55. The van der Waals surface area contributed by atoms with Crippen molar-refractivity contribution in [1.82, 2.24) is 10.2 Å². The standard InChI is InChI=1S/C17H25ClN2O3/c18-16-5-2-1-4-14(16)12-23-13-17(22)19-8-3-9-20-10-6-15(21)7-11-20/h1-2,4-5,15,21H,3,6-13H2,(H,19,22). The SMILES string of the molecule is O=C(COCc1ccccc1Cl)NCCCN1CCC(O)CC1. The fraction of sp³-hybridized carbons (Fsp3) is 0.588. The summed E-state index contributed by atoms with van der Waals surface area (Å²) < 4.78 is 5.39. The van der Waals surface area contributed by atoms with Gasteiger partial charge in [0.1, 0.15) is 6.61 Å². The van der Waals surface area contributed by atoms with Gasteiger partial charge in [-0.2, -0.15) is 0 Å². The fourth-order valence-electron chi connectivity index (χ4n) is 2.59. The molecule has 0 atom stereocenters. The number of hydrogen-bond acceptors (Lipinski definition) is 4. The lowest BCUT2D eigenvalue weighted by Crippen LogP contribution is -2.38. The third-order valence-corrected chi connectivity index (χ3v) is 4.35. The quantitative estimate of drug-likeness (QED) is 0.709. The van der Waals surface area contributed by atoms with Crippen molar-refractivity contribution in [1.29, 1.82) is 0 Å². The highest BCUT2D eigenvalue weighted by molar-refractivity contribution is 6.31. The molecular weight excluding hydrogens is 316 g/mol. The van der Waals surface area contributed by atoms with E-state index in [1.165, 1.54) is 0 Å². The number of carbonyl (C=O) groups is 1. The first kappa shape index (κ1) is 18.2. The van der Waals surface area contributed by atoms with Crippen LogP contribution in [-0.2, 0) is 16.1 Å². The van der Waals surface area contributed by atoms with Crippen LogP contribution in [-0.4, -0.2) is 54.8 Å². The third kappa shape index (κ3) is 6.87. The van der Waals surface area contributed by atoms with Crippen molar-refractivity contribution in [2.24, 2.45) is 0 Å². The molecule has 23 heavy (non-hydrogen) atoms. The molecule has 1 aliphatic heterocycles. The van der Waals surface area contributed by atoms with Crippen molar-refractivity contribution in [3.8, 4) is 0 Å². The highest BCUT2D eigenvalue weighted by atomic mass is 35.5. The second-order valence-electron chi connectivity index (χ2n) is 5.86. The first-order valence-corrected chi connectivity index (χ1v) is 8.51. The Kier molecular flexibility index (Phi) is 7.82. The summed E-state index contributed by atoms with van der Waals surface area (Å²) >= 11 is 6.02. The van der Waals surface area contributed by atoms with Crippen molar-refractivity contribution >= 4 is 17.5 Å². The van der Waals surface area contributed by atoms with Gasteiger partial charge in [0.25, 0.3) is 0 Å². The largest absolute Gasteiger partial charge is 0.393 e. The first-order valence-electron chi connectivity index (χ1n) is 8.13. The number of benzene rings is 1. The van der Waals surface area contributed by atoms with Crippen molar-refractivity contribution in [2.45, 2.75) is 32.0 Å². The Morgan fingerprint density at radius 2 is 2.09 bits per heavy atom. The van der Waals surface area contributed by atoms with Gasteiger partial charge in [-0.15, -0.1) is 0 Å². The lowest BCUT2D eigenvalue weighted by atomic mass is 10.1. The zero-order valence-corrected chi connectivity index (χ0v) is 14.1. The molecule has 6 heteroatoms. The van der Waals surface area contributed by atoms with Crippen LogP contribution in [0.2, 0.25) is 5.02 Å². The number of aliphatic hydroxyl groups excluding tert-OH is 1. The normalized spacial score (nSPS) is 16.4. The van der Waals surface area contributed by atoms with E-state index < -0.39 is 0 Å². The first-order chi connectivity index (χ1) is 11.1. The number of likely N-dealkylation sites (tertiary alicyclic amines) is 1. The minimum atomic E-state index is -0.138. The van der Waals surface area contributed by atoms with Gasteiger partial charge >= 0.3 is 0 Å². The van der Waals surface area contributed by atoms with Crippen molar-refractivity contribution in [3.05, 3.63) is 34.9 Å². The second-order valence-corrected chi connectivity index (χ2v) is 6.27. The molecule has 2 rings (SSSR count). The Bertz CT molecular complexity index is 490. The fourth-order valence-corrected chi connectivity index (χ4v) is 2.78. The van der Waals surface area contributed by atoms with E-state index in [9.17, 15) is 9.90 Å². The van der Waals surface area contributed by atoms with E-state index in [2.05, 4.69) is 10.2 Å². The number of piperidine rings is 1. The van der Waals surface area contributed by atoms with Gasteiger partial charge in [-0.25, -0.2) is 0 Å². The Morgan fingerprint density at radius 3 is 2.83 bits per heavy atom. The van der Waals surface area contributed by atoms with Gasteiger partial charge in [-0.1, -0.05) is 29.8 Å². The third-order valence-electron chi connectivity index (χ3n) is 3.98. The van der Waals surface area contributed by atoms with E-state index in [1.807, 2.05) is 18.2 Å². The zero-order chi connectivity index (χ0) is 16.5. The van der Waals surface area contributed by atoms with E-state index in [1.54, 1.807) is 6.07 Å². The summed E-state index contributed by atoms with van der Waals surface area (Å²) in [6, 6.07) is 7.45. The van der Waals surface area contributed by atoms with E-state index in [4.69, 9.17) is 16.3 Å². The van der Waals surface area contributed by atoms with Crippen LogP contribution in [0.3, 0.4) is 0 Å². The molecule has 0 radical (unpaired) electrons. The van der Waals surface area contributed by atoms with Crippen LogP contribution in [0.5, 0.6) is 0 Å². The van der Waals surface area contributed by atoms with Crippen molar-refractivity contribution in [2.75, 3.05) is 32.8 Å². The van der Waals surface area contributed by atoms with Gasteiger partial charge in [0.05, 0.1) is 12.7 Å². The summed E-state index contributed by atoms with van der Waals surface area (Å²) in [5.41, 5.74) is 0.884. The monoisotopic (exact) mass is 340 g/mol. The number of halogens is 1. The highest BCUT2D eigenvalue weighted by Gasteiger charge is 2.16. The number of amides is 1. The lowest BCUT2D eigenvalue weighted by Gasteiger charge is -2.29. The molecule has 1 amide bonds. The molecule has 1 heterocycles. The van der Waals surface area contributed by atoms with Gasteiger partial charge in [-0.3, -0.25) is 4.79 Å². The molecule has 0 saturated carbocycles. The predicted octanol–water partition coefficient (Wildman–Crippen LogP) is 1.82. The number of ether oxygens (including phenoxy) is 1. The van der Waals surface area contributed by atoms with E-state index in [0.29, 0.717) is 18.2 Å². The Balaban J connectivity index is 1.51. The summed E-state index contributed by atoms with van der Waals surface area (Å²) in [5, 5.41) is 13.0. The van der Waals surface area contributed by atoms with Crippen LogP contribution in [0.1, 0.15) is 24.8 Å². The van der Waals surface area contributed by atoms with E-state index in [-0.39, 0.29) is 18.6 Å². The second kappa shape index (κ2) is 9.88. The number of rotatable bonds is 8. The zero-order valence-electron chi connectivity index (χ0n) is 13.3. The number of carbonyl (C=O) groups excluding carboxylic acids is 1. The molecule has 0 aliphatic carbocycles. The summed E-state index contributed by atoms with van der Waals surface area (Å²) in [4.78, 5) is 14.0. The molecule has 5 nitrogen and oxygen atoms in total. The van der Waals surface area contributed by atoms with Gasteiger partial charge in [0.15, 0.2) is 0 Å². The highest BCUT2D eigenvalue weighted by Crippen LogP contribution is 2.15. The molecule has 1 aromatic carbocycles. The molecule has 1 saturated heterocycles. The predicted molar refractivity (Wildman–Crippen MR) is 90.4 cm³/mol. The number of aliphatic hydroxyl groups is 1. The van der Waals surface area contributed by atoms with Gasteiger partial charge in [-0.05, 0) is 37.4 Å². The maximum Gasteiger partial charge on any atom is 0.246 e. The molecule has 0 spiro atoms. The Hall–Kier alpha value is -1.14. The van der Waals surface area contributed by atoms with Crippen LogP contribution in [0.25, 0.3) is 0 Å². The summed E-state index contributed by atoms with van der Waals surface area (Å²) in [5.74, 6) is -0.105. The van der Waals surface area contributed by atoms with E-state index >= 15 is 0 Å². The summed E-state index contributed by atoms with van der Waals surface area (Å²) in [6.45, 7) is 3.86. The number of nitrogens with one attached hydrogen (secondary N) is 1. The molecule has 128 valence electrons. The van der Waals surface area contributed by atoms with Crippen molar-refractivity contribution < 1.29 is 14.6 Å². The maximum absolute atomic E-state index is 11.7. The van der Waals surface area contributed by atoms with Crippen LogP contribution < -0.4 is 5.32 Å². The minimum absolute atomic E-state index is 0.0428. The molecule has 0 bridgehead atoms. The van der Waals surface area contributed by atoms with Crippen LogP contribution in [0.15, 0.2) is 24.3 Å². The van der Waals surface area contributed by atoms with E-state index in [0.717, 1.165) is 44.5 Å². The molecule has 1 fully saturated rings. The number of nitrogens with zero attached hydrogens (tertiary/aromatic N) is 1. The van der Waals surface area contributed by atoms with Gasteiger partial charge in [0, 0.05) is 24.7 Å². The Morgan fingerprint density at radius 1 is 1.35 bits per heavy atom. The molecule has 1 aliphatic rings. The molecule has 0 unspecified atom stereocenters. The average molecular weight is 341 g/mol. The summed E-state index contributed by atoms with van der Waals surface area (Å²) in [6.07, 6.45) is 2.47. The van der Waals surface area contributed by atoms with Crippen LogP contribution in [0, 0.1) is 0 Å². The molecular formula is C17H25ClN2O3. The minimum Gasteiger partial charge on any atom is -0.393 e. The maximum atomic E-state index is 11.7. The van der Waals surface area contributed by atoms with Crippen molar-refractivity contribution in [3.63, 3.8) is 0 Å². The molecule has 0 aromatic heterocycles. The summed E-state index contributed by atoms with van der Waals surface area (Å²) in [7, 11) is 0.